The topological polar surface area (TPSA) is 63.4 Å². The van der Waals surface area contributed by atoms with Crippen LogP contribution in [0.5, 0.6) is 0 Å². The largest absolute Gasteiger partial charge is 0.320 e. The monoisotopic (exact) mass is 308 g/mol. The third kappa shape index (κ3) is 4.07. The van der Waals surface area contributed by atoms with Gasteiger partial charge in [-0.3, -0.25) is 0 Å². The molecule has 21 heavy (non-hydrogen) atoms. The lowest BCUT2D eigenvalue weighted by atomic mass is 10.1. The van der Waals surface area contributed by atoms with Crippen LogP contribution in [-0.4, -0.2) is 31.9 Å². The molecule has 0 amide bonds. The fourth-order valence-electron chi connectivity index (χ4n) is 2.16. The van der Waals surface area contributed by atoms with Gasteiger partial charge in [-0.1, -0.05) is 31.8 Å². The molecule has 1 unspecified atom stereocenters. The van der Waals surface area contributed by atoms with Crippen molar-refractivity contribution in [1.29, 1.82) is 0 Å². The van der Waals surface area contributed by atoms with Gasteiger partial charge >= 0.3 is 0 Å². The van der Waals surface area contributed by atoms with Crippen molar-refractivity contribution in [2.75, 3.05) is 13.1 Å². The van der Waals surface area contributed by atoms with Gasteiger partial charge in [0.15, 0.2) is 0 Å². The third-order valence-electron chi connectivity index (χ3n) is 3.50. The van der Waals surface area contributed by atoms with Gasteiger partial charge in [0, 0.05) is 18.2 Å². The van der Waals surface area contributed by atoms with Gasteiger partial charge in [0.2, 0.25) is 10.0 Å². The first-order valence-corrected chi connectivity index (χ1v) is 8.63. The molecule has 1 rings (SSSR count). The quantitative estimate of drug-likeness (QED) is 0.847. The van der Waals surface area contributed by atoms with E-state index in [4.69, 9.17) is 5.73 Å². The zero-order valence-electron chi connectivity index (χ0n) is 13.2. The van der Waals surface area contributed by atoms with E-state index in [0.29, 0.717) is 17.0 Å². The molecule has 0 aromatic heterocycles. The average Bonchev–Trinajstić information content (AvgIpc) is 2.46. The molecule has 2 N–H and O–H groups in total. The molecule has 0 saturated heterocycles. The summed E-state index contributed by atoms with van der Waals surface area (Å²) in [5, 5.41) is 0. The molecule has 0 saturated carbocycles. The van der Waals surface area contributed by atoms with E-state index in [1.165, 1.54) is 4.31 Å². The van der Waals surface area contributed by atoms with E-state index in [-0.39, 0.29) is 12.6 Å². The van der Waals surface area contributed by atoms with E-state index >= 15 is 0 Å². The summed E-state index contributed by atoms with van der Waals surface area (Å²) in [4.78, 5) is 0.327. The highest BCUT2D eigenvalue weighted by Crippen LogP contribution is 2.23. The summed E-state index contributed by atoms with van der Waals surface area (Å²) < 4.78 is 27.3. The average molecular weight is 308 g/mol. The van der Waals surface area contributed by atoms with Crippen LogP contribution in [0.25, 0.3) is 0 Å². The summed E-state index contributed by atoms with van der Waals surface area (Å²) in [7, 11) is -3.51. The van der Waals surface area contributed by atoms with Crippen LogP contribution in [0, 0.1) is 18.8 Å². The molecule has 1 aromatic rings. The summed E-state index contributed by atoms with van der Waals surface area (Å²) in [6.07, 6.45) is 0.777. The fourth-order valence-corrected chi connectivity index (χ4v) is 4.12. The smallest absolute Gasteiger partial charge is 0.243 e. The lowest BCUT2D eigenvalue weighted by molar-refractivity contribution is 0.342. The van der Waals surface area contributed by atoms with Gasteiger partial charge < -0.3 is 5.73 Å². The number of hydrogen-bond acceptors (Lipinski definition) is 3. The Hall–Kier alpha value is -1.35. The molecule has 0 spiro atoms. The van der Waals surface area contributed by atoms with Gasteiger partial charge in [-0.15, -0.1) is 0 Å². The predicted octanol–water partition coefficient (Wildman–Crippen LogP) is 2.11. The van der Waals surface area contributed by atoms with Crippen molar-refractivity contribution in [2.45, 2.75) is 45.1 Å². The van der Waals surface area contributed by atoms with Gasteiger partial charge in [-0.2, -0.15) is 4.31 Å². The van der Waals surface area contributed by atoms with Crippen LogP contribution in [0.2, 0.25) is 0 Å². The lowest BCUT2D eigenvalue weighted by Gasteiger charge is -2.27. The molecule has 0 aliphatic heterocycles. The molecule has 116 valence electrons. The second-order valence-electron chi connectivity index (χ2n) is 4.95. The molecule has 0 aliphatic carbocycles. The Morgan fingerprint density at radius 1 is 1.33 bits per heavy atom. The molecular formula is C16H24N2O2S. The molecule has 0 fully saturated rings. The van der Waals surface area contributed by atoms with Gasteiger partial charge in [0.1, 0.15) is 0 Å². The van der Waals surface area contributed by atoms with E-state index in [2.05, 4.69) is 11.8 Å². The van der Waals surface area contributed by atoms with Gasteiger partial charge in [0.25, 0.3) is 0 Å². The lowest BCUT2D eigenvalue weighted by Crippen LogP contribution is -2.38. The van der Waals surface area contributed by atoms with E-state index in [0.717, 1.165) is 12.0 Å². The van der Waals surface area contributed by atoms with Crippen LogP contribution in [-0.2, 0) is 10.0 Å². The first-order chi connectivity index (χ1) is 9.88. The Balaban J connectivity index is 3.36. The predicted molar refractivity (Wildman–Crippen MR) is 86.4 cm³/mol. The van der Waals surface area contributed by atoms with Crippen LogP contribution >= 0.6 is 0 Å². The minimum atomic E-state index is -3.51. The van der Waals surface area contributed by atoms with Crippen molar-refractivity contribution in [1.82, 2.24) is 4.31 Å². The highest BCUT2D eigenvalue weighted by molar-refractivity contribution is 7.89. The van der Waals surface area contributed by atoms with E-state index < -0.39 is 10.0 Å². The SMILES string of the molecule is CCC(C)N(CC)S(=O)(=O)c1cc(C#CCN)ccc1C. The van der Waals surface area contributed by atoms with Crippen molar-refractivity contribution >= 4 is 10.0 Å². The van der Waals surface area contributed by atoms with Crippen LogP contribution < -0.4 is 5.73 Å². The van der Waals surface area contributed by atoms with Gasteiger partial charge in [-0.25, -0.2) is 8.42 Å². The van der Waals surface area contributed by atoms with Crippen LogP contribution in [0.1, 0.15) is 38.3 Å². The van der Waals surface area contributed by atoms with Crippen molar-refractivity contribution < 1.29 is 8.42 Å². The maximum Gasteiger partial charge on any atom is 0.243 e. The number of hydrogen-bond donors (Lipinski definition) is 1. The van der Waals surface area contributed by atoms with E-state index in [1.807, 2.05) is 26.8 Å². The van der Waals surface area contributed by atoms with Crippen LogP contribution in [0.3, 0.4) is 0 Å². The number of aryl methyl sites for hydroxylation is 1. The number of nitrogens with zero attached hydrogens (tertiary/aromatic N) is 1. The van der Waals surface area contributed by atoms with Gasteiger partial charge in [0.05, 0.1) is 11.4 Å². The maximum absolute atomic E-state index is 12.9. The molecule has 4 nitrogen and oxygen atoms in total. The standard InChI is InChI=1S/C16H24N2O2S/c1-5-14(4)18(6-2)21(19,20)16-12-15(8-7-11-17)10-9-13(16)3/h9-10,12,14H,5-6,11,17H2,1-4H3. The summed E-state index contributed by atoms with van der Waals surface area (Å²) >= 11 is 0. The van der Waals surface area contributed by atoms with E-state index in [9.17, 15) is 8.42 Å². The number of rotatable bonds is 5. The van der Waals surface area contributed by atoms with E-state index in [1.54, 1.807) is 19.1 Å². The summed E-state index contributed by atoms with van der Waals surface area (Å²) in [5.41, 5.74) is 6.76. The molecule has 5 heteroatoms. The second-order valence-corrected chi connectivity index (χ2v) is 6.81. The molecular weight excluding hydrogens is 284 g/mol. The zero-order valence-corrected chi connectivity index (χ0v) is 14.0. The number of sulfonamides is 1. The van der Waals surface area contributed by atoms with Crippen molar-refractivity contribution in [2.24, 2.45) is 5.73 Å². The Kier molecular flexibility index (Phi) is 6.41. The second kappa shape index (κ2) is 7.60. The van der Waals surface area contributed by atoms with Crippen molar-refractivity contribution in [3.8, 4) is 11.8 Å². The maximum atomic E-state index is 12.9. The Labute approximate surface area is 128 Å². The summed E-state index contributed by atoms with van der Waals surface area (Å²) in [6, 6.07) is 5.21. The first-order valence-electron chi connectivity index (χ1n) is 7.19. The Bertz CT molecular complexity index is 642. The van der Waals surface area contributed by atoms with Crippen molar-refractivity contribution in [3.63, 3.8) is 0 Å². The first kappa shape index (κ1) is 17.7. The third-order valence-corrected chi connectivity index (χ3v) is 5.73. The molecule has 0 bridgehead atoms. The molecule has 0 radical (unpaired) electrons. The minimum absolute atomic E-state index is 0.0295. The van der Waals surface area contributed by atoms with Gasteiger partial charge in [-0.05, 0) is 38.0 Å². The molecule has 0 heterocycles. The minimum Gasteiger partial charge on any atom is -0.320 e. The fraction of sp³-hybridized carbons (Fsp3) is 0.500. The highest BCUT2D eigenvalue weighted by Gasteiger charge is 2.28. The number of nitrogens with two attached hydrogens (primary N) is 1. The zero-order chi connectivity index (χ0) is 16.0. The Morgan fingerprint density at radius 3 is 2.52 bits per heavy atom. The van der Waals surface area contributed by atoms with Crippen LogP contribution in [0.4, 0.5) is 0 Å². The molecule has 1 aromatic carbocycles. The summed E-state index contributed by atoms with van der Waals surface area (Å²) in [5.74, 6) is 5.64. The van der Waals surface area contributed by atoms with Crippen molar-refractivity contribution in [3.05, 3.63) is 29.3 Å². The van der Waals surface area contributed by atoms with Crippen LogP contribution in [0.15, 0.2) is 23.1 Å². The number of benzene rings is 1. The Morgan fingerprint density at radius 2 is 2.00 bits per heavy atom. The summed E-state index contributed by atoms with van der Waals surface area (Å²) in [6.45, 7) is 8.28. The molecule has 0 aliphatic rings. The normalized spacial score (nSPS) is 12.9. The highest BCUT2D eigenvalue weighted by atomic mass is 32.2. The molecule has 1 atom stereocenters.